The molecule has 0 atom stereocenters. The molecule has 0 radical (unpaired) electrons. The van der Waals surface area contributed by atoms with Gasteiger partial charge in [-0.3, -0.25) is 0 Å². The molecular weight excluding hydrogens is 584 g/mol. The molecule has 0 unspecified atom stereocenters. The van der Waals surface area contributed by atoms with Gasteiger partial charge in [-0.25, -0.2) is 0 Å². The molecule has 0 saturated heterocycles. The molecule has 0 saturated carbocycles. The lowest BCUT2D eigenvalue weighted by Gasteiger charge is -2.33. The average molecular weight is 635 g/mol. The lowest BCUT2D eigenvalue weighted by Crippen LogP contribution is -2.26. The van der Waals surface area contributed by atoms with Crippen molar-refractivity contribution in [1.82, 2.24) is 10.6 Å². The van der Waals surface area contributed by atoms with Gasteiger partial charge >= 0.3 is 0 Å². The van der Waals surface area contributed by atoms with Crippen molar-refractivity contribution in [2.24, 2.45) is 0 Å². The predicted molar refractivity (Wildman–Crippen MR) is 171 cm³/mol. The number of aryl methyl sites for hydroxylation is 2. The van der Waals surface area contributed by atoms with Gasteiger partial charge in [-0.15, -0.1) is 0 Å². The number of benzene rings is 2. The van der Waals surface area contributed by atoms with Gasteiger partial charge in [-0.05, 0) is 101 Å². The summed E-state index contributed by atoms with van der Waals surface area (Å²) in [6, 6.07) is 14.5. The summed E-state index contributed by atoms with van der Waals surface area (Å²) >= 11 is 7.04. The van der Waals surface area contributed by atoms with Crippen molar-refractivity contribution in [3.05, 3.63) is 58.7 Å². The molecule has 206 valence electrons. The normalized spacial score (nSPS) is 13.6. The summed E-state index contributed by atoms with van der Waals surface area (Å²) in [6.07, 6.45) is 15.6. The number of fused-ring (bicyclic) bond motifs is 3. The topological polar surface area (TPSA) is 24.1 Å². The largest absolute Gasteiger partial charge is 0.317 e. The molecule has 0 aliphatic heterocycles. The number of unbranched alkanes of at least 4 members (excludes halogenated alkanes) is 6. The first kappa shape index (κ1) is 30.9. The Hall–Kier alpha value is -0.680. The minimum Gasteiger partial charge on any atom is -0.317 e. The Morgan fingerprint density at radius 2 is 0.946 bits per heavy atom. The predicted octanol–water partition coefficient (Wildman–Crippen LogP) is 9.22. The number of rotatable bonds is 20. The average Bonchev–Trinajstić information content (AvgIpc) is 3.15. The highest BCUT2D eigenvalue weighted by Crippen LogP contribution is 2.54. The van der Waals surface area contributed by atoms with E-state index >= 15 is 0 Å². The molecule has 0 fully saturated rings. The molecule has 1 aliphatic carbocycles. The smallest absolute Gasteiger partial charge is 0.0215 e. The Morgan fingerprint density at radius 1 is 0.541 bits per heavy atom. The van der Waals surface area contributed by atoms with Gasteiger partial charge in [0, 0.05) is 16.1 Å². The second-order valence-electron chi connectivity index (χ2n) is 11.1. The van der Waals surface area contributed by atoms with Crippen LogP contribution in [0, 0.1) is 13.8 Å². The summed E-state index contributed by atoms with van der Waals surface area (Å²) in [6.45, 7) is 9.12. The van der Waals surface area contributed by atoms with Crippen LogP contribution in [-0.4, -0.2) is 36.8 Å². The highest BCUT2D eigenvalue weighted by molar-refractivity contribution is 9.09. The van der Waals surface area contributed by atoms with Crippen molar-refractivity contribution < 1.29 is 0 Å². The third-order valence-corrected chi connectivity index (χ3v) is 9.18. The van der Waals surface area contributed by atoms with E-state index in [4.69, 9.17) is 0 Å². The lowest BCUT2D eigenvalue weighted by molar-refractivity contribution is 0.398. The molecule has 2 nitrogen and oxygen atoms in total. The van der Waals surface area contributed by atoms with Gasteiger partial charge in [0.2, 0.25) is 0 Å². The zero-order valence-electron chi connectivity index (χ0n) is 23.4. The van der Waals surface area contributed by atoms with E-state index in [1.807, 2.05) is 0 Å². The van der Waals surface area contributed by atoms with Gasteiger partial charge < -0.3 is 10.6 Å². The monoisotopic (exact) mass is 632 g/mol. The van der Waals surface area contributed by atoms with Crippen molar-refractivity contribution in [3.63, 3.8) is 0 Å². The van der Waals surface area contributed by atoms with Crippen LogP contribution in [0.4, 0.5) is 0 Å². The van der Waals surface area contributed by atoms with Crippen LogP contribution in [0.5, 0.6) is 0 Å². The molecule has 0 amide bonds. The number of hydrogen-bond donors (Lipinski definition) is 2. The van der Waals surface area contributed by atoms with Gasteiger partial charge in [-0.2, -0.15) is 0 Å². The first-order valence-electron chi connectivity index (χ1n) is 14.9. The highest BCUT2D eigenvalue weighted by atomic mass is 79.9. The van der Waals surface area contributed by atoms with Crippen molar-refractivity contribution >= 4 is 31.9 Å². The second-order valence-corrected chi connectivity index (χ2v) is 12.7. The summed E-state index contributed by atoms with van der Waals surface area (Å²) in [5.41, 5.74) is 9.20. The third-order valence-electron chi connectivity index (χ3n) is 8.06. The molecule has 37 heavy (non-hydrogen) atoms. The van der Waals surface area contributed by atoms with Gasteiger partial charge in [0.25, 0.3) is 0 Å². The zero-order valence-corrected chi connectivity index (χ0v) is 26.6. The number of hydrogen-bond acceptors (Lipinski definition) is 2. The minimum atomic E-state index is 0.185. The minimum absolute atomic E-state index is 0.185. The lowest BCUT2D eigenvalue weighted by atomic mass is 9.70. The molecule has 0 bridgehead atoms. The van der Waals surface area contributed by atoms with Crippen molar-refractivity contribution in [2.45, 2.75) is 96.3 Å². The van der Waals surface area contributed by atoms with E-state index in [2.05, 4.69) is 92.7 Å². The molecular formula is C33H50Br2N2. The molecule has 4 heteroatoms. The maximum atomic E-state index is 3.59. The Morgan fingerprint density at radius 3 is 1.38 bits per heavy atom. The Labute approximate surface area is 244 Å². The van der Waals surface area contributed by atoms with Gasteiger partial charge in [0.15, 0.2) is 0 Å². The van der Waals surface area contributed by atoms with Gasteiger partial charge in [0.1, 0.15) is 0 Å². The highest BCUT2D eigenvalue weighted by Gasteiger charge is 2.42. The van der Waals surface area contributed by atoms with Crippen LogP contribution >= 0.6 is 31.9 Å². The molecule has 0 heterocycles. The number of halogens is 2. The fourth-order valence-corrected chi connectivity index (χ4v) is 6.64. The van der Waals surface area contributed by atoms with Gasteiger partial charge in [0.05, 0.1) is 0 Å². The summed E-state index contributed by atoms with van der Waals surface area (Å²) in [4.78, 5) is 0. The first-order chi connectivity index (χ1) is 18.1. The SMILES string of the molecule is Cc1ccc2c(c1)C(CCCCCCNCCCBr)(CCCCCCNCCCBr)c1cc(C)ccc1-2. The van der Waals surface area contributed by atoms with Crippen molar-refractivity contribution in [3.8, 4) is 11.1 Å². The van der Waals surface area contributed by atoms with E-state index < -0.39 is 0 Å². The Kier molecular flexibility index (Phi) is 14.3. The molecule has 3 rings (SSSR count). The summed E-state index contributed by atoms with van der Waals surface area (Å²) in [7, 11) is 0. The Bertz CT molecular complexity index is 851. The van der Waals surface area contributed by atoms with Crippen LogP contribution in [0.2, 0.25) is 0 Å². The van der Waals surface area contributed by atoms with Crippen molar-refractivity contribution in [2.75, 3.05) is 36.8 Å². The second kappa shape index (κ2) is 17.1. The fourth-order valence-electron chi connectivity index (χ4n) is 6.08. The molecule has 0 aromatic heterocycles. The number of nitrogens with one attached hydrogen (secondary N) is 2. The number of alkyl halides is 2. The van der Waals surface area contributed by atoms with Crippen LogP contribution < -0.4 is 10.6 Å². The van der Waals surface area contributed by atoms with Crippen LogP contribution in [-0.2, 0) is 5.41 Å². The summed E-state index contributed by atoms with van der Waals surface area (Å²) < 4.78 is 0. The standard InChI is InChI=1S/C33H50Br2N2/c1-27-13-15-29-30-16-14-28(2)26-32(30)33(31(29)25-27,17-7-3-5-9-21-36-23-11-19-34)18-8-4-6-10-22-37-24-12-20-35/h13-16,25-26,36-37H,3-12,17-24H2,1-2H3. The third kappa shape index (κ3) is 9.19. The van der Waals surface area contributed by atoms with Crippen LogP contribution in [0.15, 0.2) is 36.4 Å². The van der Waals surface area contributed by atoms with E-state index in [1.54, 1.807) is 11.1 Å². The molecule has 1 aliphatic rings. The van der Waals surface area contributed by atoms with Crippen LogP contribution in [0.1, 0.15) is 99.3 Å². The van der Waals surface area contributed by atoms with E-state index in [-0.39, 0.29) is 5.41 Å². The van der Waals surface area contributed by atoms with E-state index in [1.165, 1.54) is 99.3 Å². The van der Waals surface area contributed by atoms with Crippen LogP contribution in [0.3, 0.4) is 0 Å². The van der Waals surface area contributed by atoms with E-state index in [9.17, 15) is 0 Å². The molecule has 2 N–H and O–H groups in total. The summed E-state index contributed by atoms with van der Waals surface area (Å²) in [5, 5.41) is 9.36. The molecule has 2 aromatic rings. The zero-order chi connectivity index (χ0) is 26.3. The quantitative estimate of drug-likeness (QED) is 0.112. The van der Waals surface area contributed by atoms with E-state index in [0.29, 0.717) is 0 Å². The first-order valence-corrected chi connectivity index (χ1v) is 17.1. The maximum Gasteiger partial charge on any atom is 0.0215 e. The van der Waals surface area contributed by atoms with E-state index in [0.717, 1.165) is 36.8 Å². The van der Waals surface area contributed by atoms with Crippen molar-refractivity contribution in [1.29, 1.82) is 0 Å². The van der Waals surface area contributed by atoms with Crippen LogP contribution in [0.25, 0.3) is 11.1 Å². The fraction of sp³-hybridized carbons (Fsp3) is 0.636. The Balaban J connectivity index is 1.64. The summed E-state index contributed by atoms with van der Waals surface area (Å²) in [5.74, 6) is 0. The van der Waals surface area contributed by atoms with Gasteiger partial charge in [-0.1, -0.05) is 118 Å². The molecule has 0 spiro atoms. The molecule has 2 aromatic carbocycles. The maximum absolute atomic E-state index is 3.59.